The first kappa shape index (κ1) is 14.5. The van der Waals surface area contributed by atoms with Gasteiger partial charge in [0.15, 0.2) is 0 Å². The summed E-state index contributed by atoms with van der Waals surface area (Å²) in [6.45, 7) is 15.3. The fourth-order valence-corrected chi connectivity index (χ4v) is 1.87. The molecule has 0 radical (unpaired) electrons. The van der Waals surface area contributed by atoms with Crippen LogP contribution in [0, 0.1) is 11.3 Å². The molecule has 0 saturated heterocycles. The highest BCUT2D eigenvalue weighted by molar-refractivity contribution is 4.99. The quantitative estimate of drug-likeness (QED) is 0.494. The summed E-state index contributed by atoms with van der Waals surface area (Å²) >= 11 is 0. The van der Waals surface area contributed by atoms with Crippen LogP contribution in [0.2, 0.25) is 0 Å². The van der Waals surface area contributed by atoms with Crippen LogP contribution in [0.3, 0.4) is 0 Å². The third kappa shape index (κ3) is 6.54. The molecular weight excluding hydrogens is 180 g/mol. The molecule has 88 valence electrons. The molecule has 0 rings (SSSR count). The molecular formula is C15H28. The van der Waals surface area contributed by atoms with Crippen LogP contribution >= 0.6 is 0 Å². The van der Waals surface area contributed by atoms with E-state index >= 15 is 0 Å². The van der Waals surface area contributed by atoms with Gasteiger partial charge in [-0.1, -0.05) is 52.0 Å². The van der Waals surface area contributed by atoms with Gasteiger partial charge >= 0.3 is 0 Å². The lowest BCUT2D eigenvalue weighted by molar-refractivity contribution is 0.376. The number of rotatable bonds is 7. The van der Waals surface area contributed by atoms with Crippen molar-refractivity contribution in [2.45, 2.75) is 60.3 Å². The van der Waals surface area contributed by atoms with Crippen molar-refractivity contribution in [3.05, 3.63) is 24.3 Å². The minimum absolute atomic E-state index is 0.346. The Morgan fingerprint density at radius 2 is 1.93 bits per heavy atom. The van der Waals surface area contributed by atoms with E-state index in [2.05, 4.69) is 53.3 Å². The topological polar surface area (TPSA) is 0 Å². The molecule has 1 atom stereocenters. The van der Waals surface area contributed by atoms with Crippen molar-refractivity contribution in [2.75, 3.05) is 0 Å². The lowest BCUT2D eigenvalue weighted by Crippen LogP contribution is -2.11. The molecule has 0 heterocycles. The maximum absolute atomic E-state index is 4.07. The molecule has 0 aromatic heterocycles. The lowest BCUT2D eigenvalue weighted by Gasteiger charge is -2.24. The van der Waals surface area contributed by atoms with Crippen molar-refractivity contribution in [3.8, 4) is 0 Å². The van der Waals surface area contributed by atoms with Crippen molar-refractivity contribution in [2.24, 2.45) is 11.3 Å². The number of hydrogen-bond donors (Lipinski definition) is 0. The molecule has 1 unspecified atom stereocenters. The van der Waals surface area contributed by atoms with E-state index in [0.29, 0.717) is 11.3 Å². The molecule has 0 aromatic rings. The Hall–Kier alpha value is -0.520. The van der Waals surface area contributed by atoms with Crippen LogP contribution in [-0.2, 0) is 0 Å². The molecule has 0 bridgehead atoms. The first-order valence-corrected chi connectivity index (χ1v) is 6.26. The standard InChI is InChI=1S/C15H28/c1-7-9-11-15(5,6)12-10-14(8-2)13(3)4/h9,11,14H,3,7-8,10,12H2,1-2,4-6H3. The Balaban J connectivity index is 4.11. The fraction of sp³-hybridized carbons (Fsp3) is 0.733. The molecule has 0 aliphatic heterocycles. The molecule has 0 aliphatic carbocycles. The summed E-state index contributed by atoms with van der Waals surface area (Å²) in [5, 5.41) is 0. The van der Waals surface area contributed by atoms with Crippen LogP contribution in [0.15, 0.2) is 24.3 Å². The highest BCUT2D eigenvalue weighted by atomic mass is 14.2. The summed E-state index contributed by atoms with van der Waals surface area (Å²) < 4.78 is 0. The maximum Gasteiger partial charge on any atom is -0.0175 e. The Bertz CT molecular complexity index is 208. The summed E-state index contributed by atoms with van der Waals surface area (Å²) in [4.78, 5) is 0. The second-order valence-electron chi connectivity index (χ2n) is 5.29. The van der Waals surface area contributed by atoms with Gasteiger partial charge in [-0.05, 0) is 43.9 Å². The summed E-state index contributed by atoms with van der Waals surface area (Å²) in [7, 11) is 0. The van der Waals surface area contributed by atoms with E-state index in [4.69, 9.17) is 0 Å². The molecule has 0 spiro atoms. The Labute approximate surface area is 96.5 Å². The van der Waals surface area contributed by atoms with Crippen LogP contribution in [0.25, 0.3) is 0 Å². The molecule has 0 saturated carbocycles. The van der Waals surface area contributed by atoms with E-state index in [1.807, 2.05) is 0 Å². The van der Waals surface area contributed by atoms with Gasteiger partial charge in [-0.15, -0.1) is 0 Å². The lowest BCUT2D eigenvalue weighted by atomic mass is 9.82. The van der Waals surface area contributed by atoms with Gasteiger partial charge in [-0.3, -0.25) is 0 Å². The SMILES string of the molecule is C=C(C)C(CC)CCC(C)(C)C=CCC. The van der Waals surface area contributed by atoms with Gasteiger partial charge in [0.05, 0.1) is 0 Å². The first-order chi connectivity index (χ1) is 6.93. The van der Waals surface area contributed by atoms with E-state index in [1.54, 1.807) is 0 Å². The van der Waals surface area contributed by atoms with Gasteiger partial charge in [0.1, 0.15) is 0 Å². The van der Waals surface area contributed by atoms with Crippen molar-refractivity contribution >= 4 is 0 Å². The molecule has 0 N–H and O–H groups in total. The largest absolute Gasteiger partial charge is 0.0999 e. The van der Waals surface area contributed by atoms with Crippen LogP contribution in [-0.4, -0.2) is 0 Å². The molecule has 0 aromatic carbocycles. The van der Waals surface area contributed by atoms with E-state index in [-0.39, 0.29) is 0 Å². The van der Waals surface area contributed by atoms with Crippen molar-refractivity contribution in [1.82, 2.24) is 0 Å². The minimum atomic E-state index is 0.346. The highest BCUT2D eigenvalue weighted by Gasteiger charge is 2.16. The predicted molar refractivity (Wildman–Crippen MR) is 71.0 cm³/mol. The van der Waals surface area contributed by atoms with E-state index in [9.17, 15) is 0 Å². The van der Waals surface area contributed by atoms with Gasteiger partial charge < -0.3 is 0 Å². The molecule has 0 aliphatic rings. The summed E-state index contributed by atoms with van der Waals surface area (Å²) in [6.07, 6.45) is 9.53. The Morgan fingerprint density at radius 1 is 1.33 bits per heavy atom. The van der Waals surface area contributed by atoms with E-state index in [0.717, 1.165) is 6.42 Å². The first-order valence-electron chi connectivity index (χ1n) is 6.26. The van der Waals surface area contributed by atoms with Crippen LogP contribution in [0.1, 0.15) is 60.3 Å². The summed E-state index contributed by atoms with van der Waals surface area (Å²) in [5.74, 6) is 0.708. The minimum Gasteiger partial charge on any atom is -0.0999 e. The van der Waals surface area contributed by atoms with Gasteiger partial charge in [-0.25, -0.2) is 0 Å². The number of hydrogen-bond acceptors (Lipinski definition) is 0. The average molecular weight is 208 g/mol. The molecule has 0 heteroatoms. The smallest absolute Gasteiger partial charge is 0.0175 e. The second-order valence-corrected chi connectivity index (χ2v) is 5.29. The molecule has 0 nitrogen and oxygen atoms in total. The van der Waals surface area contributed by atoms with Gasteiger partial charge in [-0.2, -0.15) is 0 Å². The summed E-state index contributed by atoms with van der Waals surface area (Å²) in [5.41, 5.74) is 1.69. The van der Waals surface area contributed by atoms with Crippen molar-refractivity contribution in [1.29, 1.82) is 0 Å². The Morgan fingerprint density at radius 3 is 2.33 bits per heavy atom. The zero-order valence-corrected chi connectivity index (χ0v) is 11.3. The summed E-state index contributed by atoms with van der Waals surface area (Å²) in [6, 6.07) is 0. The zero-order valence-electron chi connectivity index (χ0n) is 11.3. The van der Waals surface area contributed by atoms with E-state index in [1.165, 1.54) is 24.8 Å². The predicted octanol–water partition coefficient (Wildman–Crippen LogP) is 5.36. The molecule has 0 amide bonds. The fourth-order valence-electron chi connectivity index (χ4n) is 1.87. The second kappa shape index (κ2) is 6.87. The van der Waals surface area contributed by atoms with Gasteiger partial charge in [0, 0.05) is 0 Å². The van der Waals surface area contributed by atoms with Crippen LogP contribution in [0.5, 0.6) is 0 Å². The van der Waals surface area contributed by atoms with Crippen molar-refractivity contribution < 1.29 is 0 Å². The van der Waals surface area contributed by atoms with Gasteiger partial charge in [0.25, 0.3) is 0 Å². The van der Waals surface area contributed by atoms with Crippen LogP contribution < -0.4 is 0 Å². The molecule has 0 fully saturated rings. The highest BCUT2D eigenvalue weighted by Crippen LogP contribution is 2.29. The van der Waals surface area contributed by atoms with Crippen molar-refractivity contribution in [3.63, 3.8) is 0 Å². The normalized spacial score (nSPS) is 14.5. The number of allylic oxidation sites excluding steroid dienone is 3. The average Bonchev–Trinajstić information content (AvgIpc) is 2.15. The van der Waals surface area contributed by atoms with Gasteiger partial charge in [0.2, 0.25) is 0 Å². The molecule has 15 heavy (non-hydrogen) atoms. The van der Waals surface area contributed by atoms with E-state index < -0.39 is 0 Å². The third-order valence-electron chi connectivity index (χ3n) is 3.13. The maximum atomic E-state index is 4.07. The zero-order chi connectivity index (χ0) is 11.9. The van der Waals surface area contributed by atoms with Crippen LogP contribution in [0.4, 0.5) is 0 Å². The third-order valence-corrected chi connectivity index (χ3v) is 3.13. The monoisotopic (exact) mass is 208 g/mol. The Kier molecular flexibility index (Phi) is 6.63.